The van der Waals surface area contributed by atoms with Crippen LogP contribution < -0.4 is 0 Å². The van der Waals surface area contributed by atoms with Gasteiger partial charge in [0.15, 0.2) is 0 Å². The summed E-state index contributed by atoms with van der Waals surface area (Å²) in [6.07, 6.45) is 0. The largest absolute Gasteiger partial charge is 0.0823 e. The molecule has 1 aliphatic heterocycles. The molecule has 0 aromatic rings. The van der Waals surface area contributed by atoms with Crippen LogP contribution in [0.1, 0.15) is 0 Å². The van der Waals surface area contributed by atoms with Gasteiger partial charge < -0.3 is 0 Å². The van der Waals surface area contributed by atoms with Crippen molar-refractivity contribution in [3.8, 4) is 0 Å². The first-order valence-electron chi connectivity index (χ1n) is 7.69. The second kappa shape index (κ2) is 6.14. The fourth-order valence-corrected chi connectivity index (χ4v) is 248. The van der Waals surface area contributed by atoms with E-state index >= 15 is 0 Å². The Morgan fingerprint density at radius 2 is 0.400 bits per heavy atom. The molecule has 0 N–H and O–H groups in total. The van der Waals surface area contributed by atoms with E-state index in [0.717, 1.165) is 0 Å². The van der Waals surface area contributed by atoms with Crippen LogP contribution in [0.4, 0.5) is 0 Å². The molecule has 1 saturated heterocycles. The standard InChI is InChI=1S/C12H36P4Si4/c1-17(2,3)13-14(18(4,5)6)16(20(10,11)12)15(13)19(7,8)9/h1-12H3. The normalized spacial score (nSPS) is 33.0. The van der Waals surface area contributed by atoms with Gasteiger partial charge in [0.2, 0.25) is 0 Å². The predicted octanol–water partition coefficient (Wildman–Crippen LogP) is 8.93. The van der Waals surface area contributed by atoms with Crippen LogP contribution >= 0.6 is 27.4 Å². The average Bonchev–Trinajstić information content (AvgIpc) is 1.86. The molecule has 0 bridgehead atoms. The van der Waals surface area contributed by atoms with Crippen LogP contribution in [0.25, 0.3) is 0 Å². The highest BCUT2D eigenvalue weighted by molar-refractivity contribution is 9.25. The fourth-order valence-electron chi connectivity index (χ4n) is 2.56. The van der Waals surface area contributed by atoms with Crippen molar-refractivity contribution in [1.29, 1.82) is 0 Å². The number of hydrogen-bond donors (Lipinski definition) is 0. The summed E-state index contributed by atoms with van der Waals surface area (Å²) in [5, 5.41) is 0. The smallest absolute Gasteiger partial charge is 0.0688 e. The highest BCUT2D eigenvalue weighted by atomic mass is 33.2. The Morgan fingerprint density at radius 3 is 0.450 bits per heavy atom. The van der Waals surface area contributed by atoms with Gasteiger partial charge in [-0.25, -0.2) is 0 Å². The van der Waals surface area contributed by atoms with Crippen LogP contribution in [-0.4, -0.2) is 31.0 Å². The maximum atomic E-state index is 2.72. The molecule has 120 valence electrons. The zero-order valence-electron chi connectivity index (χ0n) is 15.8. The summed E-state index contributed by atoms with van der Waals surface area (Å²) in [5.41, 5.74) is 0. The topological polar surface area (TPSA) is 0 Å². The van der Waals surface area contributed by atoms with Crippen LogP contribution in [0.3, 0.4) is 0 Å². The van der Waals surface area contributed by atoms with E-state index < -0.39 is 31.0 Å². The van der Waals surface area contributed by atoms with E-state index in [2.05, 4.69) is 78.6 Å². The zero-order chi connectivity index (χ0) is 16.3. The number of rotatable bonds is 4. The van der Waals surface area contributed by atoms with Crippen molar-refractivity contribution in [2.75, 3.05) is 0 Å². The Balaban J connectivity index is 3.33. The molecule has 8 heteroatoms. The molecule has 1 heterocycles. The van der Waals surface area contributed by atoms with Crippen molar-refractivity contribution in [2.24, 2.45) is 0 Å². The molecule has 0 atom stereocenters. The van der Waals surface area contributed by atoms with Crippen LogP contribution in [0.5, 0.6) is 0 Å². The summed E-state index contributed by atoms with van der Waals surface area (Å²) in [7, 11) is -3.64. The molecule has 1 rings (SSSR count). The monoisotopic (exact) mass is 416 g/mol. The minimum absolute atomic E-state index is 0.510. The van der Waals surface area contributed by atoms with Gasteiger partial charge in [-0.1, -0.05) is 106 Å². The summed E-state index contributed by atoms with van der Waals surface area (Å²) < 4.78 is 0. The maximum absolute atomic E-state index is 2.72. The molecule has 0 amide bonds. The minimum Gasteiger partial charge on any atom is -0.0688 e. The Bertz CT molecular complexity index is 282. The van der Waals surface area contributed by atoms with Gasteiger partial charge in [-0.05, 0) is 0 Å². The van der Waals surface area contributed by atoms with Gasteiger partial charge in [-0.2, -0.15) is 0 Å². The van der Waals surface area contributed by atoms with Crippen LogP contribution in [0.15, 0.2) is 0 Å². The van der Waals surface area contributed by atoms with E-state index in [9.17, 15) is 0 Å². The van der Waals surface area contributed by atoms with Crippen molar-refractivity contribution < 1.29 is 0 Å². The van der Waals surface area contributed by atoms with Crippen molar-refractivity contribution in [3.63, 3.8) is 0 Å². The fraction of sp³-hybridized carbons (Fsp3) is 1.00. The van der Waals surface area contributed by atoms with Gasteiger partial charge >= 0.3 is 0 Å². The molecule has 1 fully saturated rings. The highest BCUT2D eigenvalue weighted by Crippen LogP contribution is 3.25. The maximum Gasteiger partial charge on any atom is 0.0823 e. The summed E-state index contributed by atoms with van der Waals surface area (Å²) in [4.78, 5) is 0. The number of hydrogen-bond acceptors (Lipinski definition) is 0. The molecular formula is C12H36P4Si4. The first kappa shape index (κ1) is 20.6. The van der Waals surface area contributed by atoms with Crippen LogP contribution in [0, 0.1) is 0 Å². The van der Waals surface area contributed by atoms with E-state index in [0.29, 0.717) is 27.4 Å². The Labute approximate surface area is 136 Å². The van der Waals surface area contributed by atoms with Gasteiger partial charge in [0, 0.05) is 0 Å². The van der Waals surface area contributed by atoms with Gasteiger partial charge in [-0.15, -0.1) is 0 Å². The molecule has 0 aromatic heterocycles. The van der Waals surface area contributed by atoms with E-state index in [1.165, 1.54) is 0 Å². The van der Waals surface area contributed by atoms with Crippen LogP contribution in [0.2, 0.25) is 78.6 Å². The third-order valence-corrected chi connectivity index (χ3v) is 123. The van der Waals surface area contributed by atoms with Gasteiger partial charge in [0.05, 0.1) is 31.0 Å². The first-order chi connectivity index (χ1) is 8.49. The van der Waals surface area contributed by atoms with Crippen molar-refractivity contribution >= 4 is 58.4 Å². The van der Waals surface area contributed by atoms with Crippen molar-refractivity contribution in [3.05, 3.63) is 0 Å². The average molecular weight is 417 g/mol. The molecule has 0 saturated carbocycles. The quantitative estimate of drug-likeness (QED) is 0.317. The second-order valence-electron chi connectivity index (χ2n) is 9.84. The lowest BCUT2D eigenvalue weighted by atomic mass is 11.8. The summed E-state index contributed by atoms with van der Waals surface area (Å²) in [6, 6.07) is 0. The Kier molecular flexibility index (Phi) is 6.34. The Hall–Kier alpha value is 2.59. The van der Waals surface area contributed by atoms with Crippen molar-refractivity contribution in [1.82, 2.24) is 0 Å². The molecule has 0 unspecified atom stereocenters. The summed E-state index contributed by atoms with van der Waals surface area (Å²) in [6.45, 7) is 34.7. The molecule has 20 heavy (non-hydrogen) atoms. The third kappa shape index (κ3) is 4.36. The summed E-state index contributed by atoms with van der Waals surface area (Å²) in [5.74, 6) is 0. The van der Waals surface area contributed by atoms with Gasteiger partial charge in [0.25, 0.3) is 0 Å². The second-order valence-corrected chi connectivity index (χ2v) is 73.4. The van der Waals surface area contributed by atoms with E-state index in [-0.39, 0.29) is 0 Å². The lowest BCUT2D eigenvalue weighted by Gasteiger charge is -2.68. The first-order valence-corrected chi connectivity index (χ1v) is 33.2. The molecular weight excluding hydrogens is 380 g/mol. The lowest BCUT2D eigenvalue weighted by Crippen LogP contribution is -2.36. The van der Waals surface area contributed by atoms with Crippen molar-refractivity contribution in [2.45, 2.75) is 78.6 Å². The predicted molar refractivity (Wildman–Crippen MR) is 121 cm³/mol. The van der Waals surface area contributed by atoms with Gasteiger partial charge in [0.1, 0.15) is 0 Å². The van der Waals surface area contributed by atoms with E-state index in [1.54, 1.807) is 0 Å². The molecule has 0 radical (unpaired) electrons. The summed E-state index contributed by atoms with van der Waals surface area (Å²) >= 11 is 0. The molecule has 0 spiro atoms. The van der Waals surface area contributed by atoms with Crippen LogP contribution in [-0.2, 0) is 0 Å². The van der Waals surface area contributed by atoms with E-state index in [1.807, 2.05) is 0 Å². The third-order valence-electron chi connectivity index (χ3n) is 3.12. The van der Waals surface area contributed by atoms with E-state index in [4.69, 9.17) is 0 Å². The molecule has 0 aromatic carbocycles. The van der Waals surface area contributed by atoms with Gasteiger partial charge in [-0.3, -0.25) is 0 Å². The lowest BCUT2D eigenvalue weighted by molar-refractivity contribution is 1.85. The molecule has 0 aliphatic carbocycles. The SMILES string of the molecule is C[Si](C)(C)P1P([Si](C)(C)C)P([Si](C)(C)C)P1[Si](C)(C)C. The molecule has 1 aliphatic rings. The zero-order valence-corrected chi connectivity index (χ0v) is 23.4. The Morgan fingerprint density at radius 1 is 0.300 bits per heavy atom. The minimum atomic E-state index is -0.910. The highest BCUT2D eigenvalue weighted by Gasteiger charge is 2.64. The molecule has 0 nitrogen and oxygen atoms in total.